The minimum atomic E-state index is -1.26. The van der Waals surface area contributed by atoms with Crippen LogP contribution in [0.2, 0.25) is 0 Å². The molecule has 0 saturated heterocycles. The summed E-state index contributed by atoms with van der Waals surface area (Å²) in [7, 11) is 0. The SMILES string of the molecule is CCC(C)(NC(=O)Cc1c(C)nn(-c2ccccc2)c1C)C(=O)O. The maximum Gasteiger partial charge on any atom is 0.329 e. The van der Waals surface area contributed by atoms with E-state index in [2.05, 4.69) is 10.4 Å². The molecule has 0 aliphatic carbocycles. The van der Waals surface area contributed by atoms with Gasteiger partial charge in [0, 0.05) is 11.3 Å². The molecule has 24 heavy (non-hydrogen) atoms. The summed E-state index contributed by atoms with van der Waals surface area (Å²) >= 11 is 0. The van der Waals surface area contributed by atoms with E-state index >= 15 is 0 Å². The molecule has 2 N–H and O–H groups in total. The van der Waals surface area contributed by atoms with Crippen molar-refractivity contribution in [2.24, 2.45) is 0 Å². The van der Waals surface area contributed by atoms with Crippen molar-refractivity contribution in [2.45, 2.75) is 46.1 Å². The lowest BCUT2D eigenvalue weighted by molar-refractivity contribution is -0.146. The summed E-state index contributed by atoms with van der Waals surface area (Å²) < 4.78 is 1.80. The quantitative estimate of drug-likeness (QED) is 0.852. The van der Waals surface area contributed by atoms with Crippen LogP contribution in [-0.2, 0) is 16.0 Å². The first-order valence-electron chi connectivity index (χ1n) is 7.93. The zero-order valence-corrected chi connectivity index (χ0v) is 14.5. The molecule has 2 rings (SSSR count). The number of hydrogen-bond donors (Lipinski definition) is 2. The third-order valence-corrected chi connectivity index (χ3v) is 4.37. The first kappa shape index (κ1) is 17.7. The zero-order chi connectivity index (χ0) is 17.9. The molecule has 1 heterocycles. The van der Waals surface area contributed by atoms with Crippen LogP contribution < -0.4 is 5.32 Å². The van der Waals surface area contributed by atoms with Gasteiger partial charge in [0.2, 0.25) is 5.91 Å². The molecule has 0 aliphatic heterocycles. The highest BCUT2D eigenvalue weighted by Crippen LogP contribution is 2.19. The van der Waals surface area contributed by atoms with Crippen LogP contribution in [0.5, 0.6) is 0 Å². The Morgan fingerprint density at radius 2 is 1.88 bits per heavy atom. The van der Waals surface area contributed by atoms with Crippen molar-refractivity contribution in [3.8, 4) is 5.69 Å². The molecular weight excluding hydrogens is 306 g/mol. The fourth-order valence-electron chi connectivity index (χ4n) is 2.56. The fourth-order valence-corrected chi connectivity index (χ4v) is 2.56. The number of rotatable bonds is 6. The monoisotopic (exact) mass is 329 g/mol. The van der Waals surface area contributed by atoms with Crippen molar-refractivity contribution in [1.82, 2.24) is 15.1 Å². The molecule has 0 bridgehead atoms. The van der Waals surface area contributed by atoms with E-state index in [1.807, 2.05) is 44.2 Å². The van der Waals surface area contributed by atoms with Gasteiger partial charge in [-0.25, -0.2) is 9.48 Å². The van der Waals surface area contributed by atoms with E-state index in [9.17, 15) is 14.7 Å². The second kappa shape index (κ2) is 6.86. The molecule has 1 atom stereocenters. The molecule has 1 amide bonds. The number of amides is 1. The van der Waals surface area contributed by atoms with Crippen molar-refractivity contribution >= 4 is 11.9 Å². The third-order valence-electron chi connectivity index (χ3n) is 4.37. The zero-order valence-electron chi connectivity index (χ0n) is 14.5. The van der Waals surface area contributed by atoms with Crippen molar-refractivity contribution < 1.29 is 14.7 Å². The van der Waals surface area contributed by atoms with Crippen molar-refractivity contribution in [2.75, 3.05) is 0 Å². The van der Waals surface area contributed by atoms with Gasteiger partial charge in [0.05, 0.1) is 17.8 Å². The highest BCUT2D eigenvalue weighted by molar-refractivity contribution is 5.87. The lowest BCUT2D eigenvalue weighted by Gasteiger charge is -2.24. The minimum Gasteiger partial charge on any atom is -0.480 e. The van der Waals surface area contributed by atoms with Gasteiger partial charge in [-0.2, -0.15) is 5.10 Å². The molecule has 1 aromatic heterocycles. The number of benzene rings is 1. The Balaban J connectivity index is 2.23. The third kappa shape index (κ3) is 3.48. The van der Waals surface area contributed by atoms with E-state index < -0.39 is 11.5 Å². The summed E-state index contributed by atoms with van der Waals surface area (Å²) in [4.78, 5) is 23.7. The molecular formula is C18H23N3O3. The van der Waals surface area contributed by atoms with Crippen molar-refractivity contribution in [3.63, 3.8) is 0 Å². The standard InChI is InChI=1S/C18H23N3O3/c1-5-18(4,17(23)24)19-16(22)11-15-12(2)20-21(13(15)3)14-9-7-6-8-10-14/h6-10H,5,11H2,1-4H3,(H,19,22)(H,23,24). The number of carboxylic acids is 1. The molecule has 1 unspecified atom stereocenters. The second-order valence-electron chi connectivity index (χ2n) is 6.11. The molecule has 0 radical (unpaired) electrons. The van der Waals surface area contributed by atoms with E-state index in [1.54, 1.807) is 11.6 Å². The maximum atomic E-state index is 12.3. The summed E-state index contributed by atoms with van der Waals surface area (Å²) in [6, 6.07) is 9.68. The van der Waals surface area contributed by atoms with Crippen LogP contribution in [0, 0.1) is 13.8 Å². The summed E-state index contributed by atoms with van der Waals surface area (Å²) in [5, 5.41) is 16.4. The summed E-state index contributed by atoms with van der Waals surface area (Å²) in [6.45, 7) is 7.01. The molecule has 6 nitrogen and oxygen atoms in total. The molecule has 2 aromatic rings. The maximum absolute atomic E-state index is 12.3. The van der Waals surface area contributed by atoms with Crippen LogP contribution in [0.3, 0.4) is 0 Å². The smallest absolute Gasteiger partial charge is 0.329 e. The first-order chi connectivity index (χ1) is 11.3. The predicted octanol–water partition coefficient (Wildman–Crippen LogP) is 2.40. The highest BCUT2D eigenvalue weighted by atomic mass is 16.4. The average molecular weight is 329 g/mol. The van der Waals surface area contributed by atoms with Gasteiger partial charge in [0.1, 0.15) is 5.54 Å². The molecule has 0 spiro atoms. The molecule has 0 fully saturated rings. The number of carbonyl (C=O) groups is 2. The van der Waals surface area contributed by atoms with Crippen LogP contribution in [0.15, 0.2) is 30.3 Å². The van der Waals surface area contributed by atoms with E-state index in [0.29, 0.717) is 6.42 Å². The molecule has 6 heteroatoms. The van der Waals surface area contributed by atoms with Gasteiger partial charge in [0.25, 0.3) is 0 Å². The Bertz CT molecular complexity index is 752. The fraction of sp³-hybridized carbons (Fsp3) is 0.389. The molecule has 0 aliphatic rings. The summed E-state index contributed by atoms with van der Waals surface area (Å²) in [5.74, 6) is -1.35. The van der Waals surface area contributed by atoms with E-state index in [1.165, 1.54) is 6.92 Å². The van der Waals surface area contributed by atoms with Gasteiger partial charge in [-0.15, -0.1) is 0 Å². The number of nitrogens with zero attached hydrogens (tertiary/aromatic N) is 2. The van der Waals surface area contributed by atoms with Gasteiger partial charge in [-0.1, -0.05) is 25.1 Å². The number of aliphatic carboxylic acids is 1. The Morgan fingerprint density at radius 3 is 2.42 bits per heavy atom. The van der Waals surface area contributed by atoms with E-state index in [0.717, 1.165) is 22.6 Å². The first-order valence-corrected chi connectivity index (χ1v) is 7.93. The van der Waals surface area contributed by atoms with Gasteiger partial charge in [0.15, 0.2) is 0 Å². The number of carboxylic acid groups (broad SMARTS) is 1. The van der Waals surface area contributed by atoms with Gasteiger partial charge in [-0.3, -0.25) is 4.79 Å². The van der Waals surface area contributed by atoms with Crippen molar-refractivity contribution in [3.05, 3.63) is 47.3 Å². The molecule has 0 saturated carbocycles. The molecule has 1 aromatic carbocycles. The van der Waals surface area contributed by atoms with Crippen LogP contribution in [0.1, 0.15) is 37.2 Å². The topological polar surface area (TPSA) is 84.2 Å². The summed E-state index contributed by atoms with van der Waals surface area (Å²) in [6.07, 6.45) is 0.419. The minimum absolute atomic E-state index is 0.105. The normalized spacial score (nSPS) is 13.3. The Morgan fingerprint density at radius 1 is 1.25 bits per heavy atom. The van der Waals surface area contributed by atoms with E-state index in [-0.39, 0.29) is 12.3 Å². The van der Waals surface area contributed by atoms with Crippen LogP contribution in [-0.4, -0.2) is 32.3 Å². The number of aromatic nitrogens is 2. The van der Waals surface area contributed by atoms with E-state index in [4.69, 9.17) is 0 Å². The Labute approximate surface area is 141 Å². The number of hydrogen-bond acceptors (Lipinski definition) is 3. The Hall–Kier alpha value is -2.63. The lowest BCUT2D eigenvalue weighted by atomic mass is 9.98. The lowest BCUT2D eigenvalue weighted by Crippen LogP contribution is -2.52. The highest BCUT2D eigenvalue weighted by Gasteiger charge is 2.33. The van der Waals surface area contributed by atoms with Gasteiger partial charge >= 0.3 is 5.97 Å². The second-order valence-corrected chi connectivity index (χ2v) is 6.11. The number of aryl methyl sites for hydroxylation is 1. The average Bonchev–Trinajstić information content (AvgIpc) is 2.83. The largest absolute Gasteiger partial charge is 0.480 e. The number of nitrogens with one attached hydrogen (secondary N) is 1. The Kier molecular flexibility index (Phi) is 5.07. The summed E-state index contributed by atoms with van der Waals surface area (Å²) in [5.41, 5.74) is 2.13. The van der Waals surface area contributed by atoms with Crippen LogP contribution >= 0.6 is 0 Å². The van der Waals surface area contributed by atoms with Gasteiger partial charge < -0.3 is 10.4 Å². The van der Waals surface area contributed by atoms with Crippen LogP contribution in [0.25, 0.3) is 5.69 Å². The van der Waals surface area contributed by atoms with Crippen molar-refractivity contribution in [1.29, 1.82) is 0 Å². The van der Waals surface area contributed by atoms with Gasteiger partial charge in [-0.05, 0) is 39.3 Å². The van der Waals surface area contributed by atoms with Crippen LogP contribution in [0.4, 0.5) is 0 Å². The predicted molar refractivity (Wildman–Crippen MR) is 91.2 cm³/mol. The molecule has 128 valence electrons. The number of para-hydroxylation sites is 1. The number of carbonyl (C=O) groups excluding carboxylic acids is 1.